The highest BCUT2D eigenvalue weighted by atomic mass is 19.1. The second-order valence-electron chi connectivity index (χ2n) is 4.19. The molecule has 3 nitrogen and oxygen atoms in total. The molecule has 0 heterocycles. The van der Waals surface area contributed by atoms with Crippen molar-refractivity contribution in [2.75, 3.05) is 0 Å². The Morgan fingerprint density at radius 2 is 1.90 bits per heavy atom. The molecule has 0 aliphatic rings. The third-order valence-corrected chi connectivity index (χ3v) is 2.75. The maximum atomic E-state index is 13.8. The number of nitriles is 1. The summed E-state index contributed by atoms with van der Waals surface area (Å²) in [6.07, 6.45) is -0.803. The van der Waals surface area contributed by atoms with Gasteiger partial charge in [-0.15, -0.1) is 0 Å². The Morgan fingerprint density at radius 3 is 2.50 bits per heavy atom. The molecule has 0 unspecified atom stereocenters. The molecule has 102 valence electrons. The van der Waals surface area contributed by atoms with Gasteiger partial charge in [0.1, 0.15) is 23.2 Å². The van der Waals surface area contributed by atoms with Crippen LogP contribution < -0.4 is 4.74 Å². The predicted molar refractivity (Wildman–Crippen MR) is 68.2 cm³/mol. The Hall–Kier alpha value is -2.45. The molecule has 0 fully saturated rings. The standard InChI is InChI=1S/C15H11F2NO2/c1-9(19)10-5-6-15(13(17)7-10)20-14-4-2-3-12(16)11(14)8-18/h2-7,9,19H,1H3/t9-/m0/s1. The summed E-state index contributed by atoms with van der Waals surface area (Å²) < 4.78 is 32.4. The van der Waals surface area contributed by atoms with E-state index in [2.05, 4.69) is 0 Å². The first kappa shape index (κ1) is 14.0. The lowest BCUT2D eigenvalue weighted by molar-refractivity contribution is 0.198. The molecule has 0 bridgehead atoms. The molecule has 5 heteroatoms. The molecule has 0 amide bonds. The van der Waals surface area contributed by atoms with Gasteiger partial charge in [-0.1, -0.05) is 12.1 Å². The first-order valence-corrected chi connectivity index (χ1v) is 5.87. The zero-order valence-electron chi connectivity index (χ0n) is 10.6. The molecule has 0 saturated carbocycles. The maximum absolute atomic E-state index is 13.8. The fourth-order valence-corrected chi connectivity index (χ4v) is 1.68. The van der Waals surface area contributed by atoms with Crippen molar-refractivity contribution in [2.45, 2.75) is 13.0 Å². The van der Waals surface area contributed by atoms with Gasteiger partial charge in [0.2, 0.25) is 0 Å². The quantitative estimate of drug-likeness (QED) is 0.929. The van der Waals surface area contributed by atoms with Gasteiger partial charge in [0, 0.05) is 0 Å². The molecule has 20 heavy (non-hydrogen) atoms. The average Bonchev–Trinajstić information content (AvgIpc) is 2.41. The summed E-state index contributed by atoms with van der Waals surface area (Å²) in [5.74, 6) is -1.63. The Bertz CT molecular complexity index is 678. The van der Waals surface area contributed by atoms with Crippen molar-refractivity contribution in [1.82, 2.24) is 0 Å². The first-order valence-electron chi connectivity index (χ1n) is 5.87. The number of rotatable bonds is 3. The first-order chi connectivity index (χ1) is 9.52. The van der Waals surface area contributed by atoms with Gasteiger partial charge < -0.3 is 9.84 Å². The third-order valence-electron chi connectivity index (χ3n) is 2.75. The minimum atomic E-state index is -0.803. The van der Waals surface area contributed by atoms with Crippen LogP contribution in [0.1, 0.15) is 24.2 Å². The molecular formula is C15H11F2NO2. The minimum Gasteiger partial charge on any atom is -0.453 e. The normalized spacial score (nSPS) is 11.8. The van der Waals surface area contributed by atoms with E-state index in [0.29, 0.717) is 5.56 Å². The summed E-state index contributed by atoms with van der Waals surface area (Å²) in [6.45, 7) is 1.51. The molecule has 0 radical (unpaired) electrons. The van der Waals surface area contributed by atoms with E-state index in [1.165, 1.54) is 31.2 Å². The van der Waals surface area contributed by atoms with Crippen molar-refractivity contribution in [2.24, 2.45) is 0 Å². The number of halogens is 2. The summed E-state index contributed by atoms with van der Waals surface area (Å²) in [4.78, 5) is 0. The van der Waals surface area contributed by atoms with Crippen LogP contribution in [0.5, 0.6) is 11.5 Å². The number of nitrogens with zero attached hydrogens (tertiary/aromatic N) is 1. The van der Waals surface area contributed by atoms with Crippen LogP contribution >= 0.6 is 0 Å². The van der Waals surface area contributed by atoms with Crippen LogP contribution in [-0.2, 0) is 0 Å². The number of aliphatic hydroxyl groups is 1. The van der Waals surface area contributed by atoms with E-state index in [9.17, 15) is 13.9 Å². The van der Waals surface area contributed by atoms with E-state index in [1.54, 1.807) is 6.07 Å². The van der Waals surface area contributed by atoms with Gasteiger partial charge in [0.15, 0.2) is 11.6 Å². The zero-order chi connectivity index (χ0) is 14.7. The number of hydrogen-bond acceptors (Lipinski definition) is 3. The van der Waals surface area contributed by atoms with Crippen LogP contribution in [0.15, 0.2) is 36.4 Å². The fraction of sp³-hybridized carbons (Fsp3) is 0.133. The van der Waals surface area contributed by atoms with Crippen LogP contribution in [0.3, 0.4) is 0 Å². The van der Waals surface area contributed by atoms with Crippen molar-refractivity contribution < 1.29 is 18.6 Å². The van der Waals surface area contributed by atoms with Gasteiger partial charge in [0.25, 0.3) is 0 Å². The Labute approximate surface area is 114 Å². The predicted octanol–water partition coefficient (Wildman–Crippen LogP) is 3.68. The second-order valence-corrected chi connectivity index (χ2v) is 4.19. The van der Waals surface area contributed by atoms with Crippen molar-refractivity contribution in [3.63, 3.8) is 0 Å². The summed E-state index contributed by atoms with van der Waals surface area (Å²) >= 11 is 0. The molecule has 1 N–H and O–H groups in total. The summed E-state index contributed by atoms with van der Waals surface area (Å²) in [6, 6.07) is 9.49. The van der Waals surface area contributed by atoms with E-state index in [1.807, 2.05) is 0 Å². The number of ether oxygens (including phenoxy) is 1. The number of hydrogen-bond donors (Lipinski definition) is 1. The SMILES string of the molecule is C[C@H](O)c1ccc(Oc2cccc(F)c2C#N)c(F)c1. The molecule has 0 aliphatic heterocycles. The van der Waals surface area contributed by atoms with Gasteiger partial charge in [-0.3, -0.25) is 0 Å². The minimum absolute atomic E-state index is 0.0591. The Kier molecular flexibility index (Phi) is 3.97. The van der Waals surface area contributed by atoms with Gasteiger partial charge in [-0.05, 0) is 36.8 Å². The number of aliphatic hydroxyl groups excluding tert-OH is 1. The van der Waals surface area contributed by atoms with E-state index >= 15 is 0 Å². The van der Waals surface area contributed by atoms with E-state index in [-0.39, 0.29) is 17.1 Å². The molecule has 2 rings (SSSR count). The van der Waals surface area contributed by atoms with E-state index < -0.39 is 17.7 Å². The van der Waals surface area contributed by atoms with Gasteiger partial charge in [0.05, 0.1) is 6.10 Å². The zero-order valence-corrected chi connectivity index (χ0v) is 10.6. The molecule has 0 aromatic heterocycles. The van der Waals surface area contributed by atoms with Gasteiger partial charge in [-0.25, -0.2) is 8.78 Å². The van der Waals surface area contributed by atoms with Crippen LogP contribution in [0.25, 0.3) is 0 Å². The third kappa shape index (κ3) is 2.76. The monoisotopic (exact) mass is 275 g/mol. The largest absolute Gasteiger partial charge is 0.453 e. The summed E-state index contributed by atoms with van der Waals surface area (Å²) in [5, 5.41) is 18.2. The van der Waals surface area contributed by atoms with E-state index in [4.69, 9.17) is 10.00 Å². The molecule has 2 aromatic rings. The van der Waals surface area contributed by atoms with Crippen LogP contribution in [0, 0.1) is 23.0 Å². The lowest BCUT2D eigenvalue weighted by Gasteiger charge is -2.10. The van der Waals surface area contributed by atoms with Crippen LogP contribution in [-0.4, -0.2) is 5.11 Å². The highest BCUT2D eigenvalue weighted by Gasteiger charge is 2.13. The lowest BCUT2D eigenvalue weighted by atomic mass is 10.1. The second kappa shape index (κ2) is 5.68. The Morgan fingerprint density at radius 1 is 1.15 bits per heavy atom. The molecular weight excluding hydrogens is 264 g/mol. The topological polar surface area (TPSA) is 53.2 Å². The van der Waals surface area contributed by atoms with Crippen molar-refractivity contribution in [3.05, 3.63) is 59.2 Å². The smallest absolute Gasteiger partial charge is 0.166 e. The highest BCUT2D eigenvalue weighted by molar-refractivity contribution is 5.46. The van der Waals surface area contributed by atoms with Gasteiger partial charge in [-0.2, -0.15) is 5.26 Å². The van der Waals surface area contributed by atoms with Crippen molar-refractivity contribution >= 4 is 0 Å². The highest BCUT2D eigenvalue weighted by Crippen LogP contribution is 2.29. The average molecular weight is 275 g/mol. The maximum Gasteiger partial charge on any atom is 0.166 e. The van der Waals surface area contributed by atoms with Crippen molar-refractivity contribution in [3.8, 4) is 17.6 Å². The van der Waals surface area contributed by atoms with E-state index in [0.717, 1.165) is 12.1 Å². The lowest BCUT2D eigenvalue weighted by Crippen LogP contribution is -1.96. The van der Waals surface area contributed by atoms with Gasteiger partial charge >= 0.3 is 0 Å². The van der Waals surface area contributed by atoms with Crippen molar-refractivity contribution in [1.29, 1.82) is 5.26 Å². The number of benzene rings is 2. The molecule has 0 saturated heterocycles. The molecule has 0 aliphatic carbocycles. The Balaban J connectivity index is 2.36. The molecule has 2 aromatic carbocycles. The van der Waals surface area contributed by atoms with Crippen LogP contribution in [0.2, 0.25) is 0 Å². The summed E-state index contributed by atoms with van der Waals surface area (Å²) in [7, 11) is 0. The fourth-order valence-electron chi connectivity index (χ4n) is 1.68. The van der Waals surface area contributed by atoms with Crippen LogP contribution in [0.4, 0.5) is 8.78 Å². The molecule has 0 spiro atoms. The summed E-state index contributed by atoms with van der Waals surface area (Å²) in [5.41, 5.74) is 0.112. The molecule has 1 atom stereocenters.